The minimum atomic E-state index is -3.25. The maximum Gasteiger partial charge on any atom is 0.410 e. The van der Waals surface area contributed by atoms with Crippen molar-refractivity contribution in [2.75, 3.05) is 13.7 Å². The van der Waals surface area contributed by atoms with E-state index in [9.17, 15) is 23.2 Å². The molecule has 27 heavy (non-hydrogen) atoms. The van der Waals surface area contributed by atoms with E-state index in [0.29, 0.717) is 0 Å². The van der Waals surface area contributed by atoms with Crippen LogP contribution in [0.2, 0.25) is 0 Å². The van der Waals surface area contributed by atoms with Crippen LogP contribution in [0.15, 0.2) is 0 Å². The van der Waals surface area contributed by atoms with E-state index in [1.807, 2.05) is 0 Å². The number of carbonyl (C=O) groups is 3. The summed E-state index contributed by atoms with van der Waals surface area (Å²) >= 11 is 0. The Morgan fingerprint density at radius 2 is 1.59 bits per heavy atom. The first-order chi connectivity index (χ1) is 12.0. The van der Waals surface area contributed by atoms with Crippen LogP contribution in [0.5, 0.6) is 0 Å². The minimum absolute atomic E-state index is 0.740. The number of hydrogen-bond acceptors (Lipinski definition) is 6. The van der Waals surface area contributed by atoms with Crippen molar-refractivity contribution in [1.82, 2.24) is 10.2 Å². The Kier molecular flexibility index (Phi) is 6.66. The summed E-state index contributed by atoms with van der Waals surface area (Å²) in [5.74, 6) is -4.22. The second-order valence-corrected chi connectivity index (χ2v) is 8.38. The van der Waals surface area contributed by atoms with Crippen LogP contribution < -0.4 is 5.32 Å². The van der Waals surface area contributed by atoms with E-state index in [-0.39, 0.29) is 0 Å². The summed E-state index contributed by atoms with van der Waals surface area (Å²) in [5, 5.41) is 2.23. The number of alkyl halides is 2. The van der Waals surface area contributed by atoms with Crippen molar-refractivity contribution in [3.63, 3.8) is 0 Å². The van der Waals surface area contributed by atoms with Crippen LogP contribution >= 0.6 is 0 Å². The number of methoxy groups -OCH3 is 1. The number of rotatable bonds is 3. The first-order valence-corrected chi connectivity index (χ1v) is 8.49. The molecule has 8 nitrogen and oxygen atoms in total. The molecule has 0 unspecified atom stereocenters. The van der Waals surface area contributed by atoms with Gasteiger partial charge in [0.1, 0.15) is 11.2 Å². The van der Waals surface area contributed by atoms with Crippen molar-refractivity contribution < 1.29 is 37.4 Å². The van der Waals surface area contributed by atoms with Gasteiger partial charge in [-0.2, -0.15) is 0 Å². The largest absolute Gasteiger partial charge is 0.467 e. The maximum absolute atomic E-state index is 14.0. The summed E-state index contributed by atoms with van der Waals surface area (Å²) in [6.45, 7) is 8.65. The van der Waals surface area contributed by atoms with Gasteiger partial charge < -0.3 is 19.5 Å². The number of amides is 2. The number of likely N-dealkylation sites (tertiary alicyclic amines) is 1. The predicted molar refractivity (Wildman–Crippen MR) is 91.5 cm³/mol. The Morgan fingerprint density at radius 1 is 1.07 bits per heavy atom. The number of halogens is 2. The zero-order valence-corrected chi connectivity index (χ0v) is 16.7. The normalized spacial score (nSPS) is 20.6. The van der Waals surface area contributed by atoms with Gasteiger partial charge in [0.25, 0.3) is 5.92 Å². The van der Waals surface area contributed by atoms with E-state index in [0.717, 1.165) is 12.0 Å². The fourth-order valence-corrected chi connectivity index (χ4v) is 2.54. The van der Waals surface area contributed by atoms with Crippen LogP contribution in [0.3, 0.4) is 0 Å². The van der Waals surface area contributed by atoms with Gasteiger partial charge in [0, 0.05) is 6.42 Å². The molecule has 1 aliphatic heterocycles. The Labute approximate surface area is 157 Å². The molecular weight excluding hydrogens is 366 g/mol. The minimum Gasteiger partial charge on any atom is -0.467 e. The average Bonchev–Trinajstić information content (AvgIpc) is 2.76. The molecule has 0 aromatic rings. The molecule has 0 aromatic heterocycles. The van der Waals surface area contributed by atoms with Gasteiger partial charge in [0.05, 0.1) is 19.7 Å². The fourth-order valence-electron chi connectivity index (χ4n) is 2.54. The van der Waals surface area contributed by atoms with Gasteiger partial charge in [-0.3, -0.25) is 4.90 Å². The second-order valence-electron chi connectivity index (χ2n) is 8.38. The lowest BCUT2D eigenvalue weighted by Gasteiger charge is -2.32. The Balaban J connectivity index is 3.10. The lowest BCUT2D eigenvalue weighted by Crippen LogP contribution is -2.56. The average molecular weight is 394 g/mol. The Bertz CT molecular complexity index is 583. The maximum atomic E-state index is 14.0. The number of ether oxygens (including phenoxy) is 3. The predicted octanol–water partition coefficient (Wildman–Crippen LogP) is 2.70. The number of carbonyl (C=O) groups excluding carboxylic acids is 3. The first kappa shape index (κ1) is 22.9. The second kappa shape index (κ2) is 7.85. The van der Waals surface area contributed by atoms with Gasteiger partial charge in [-0.1, -0.05) is 0 Å². The number of nitrogens with zero attached hydrogens (tertiary/aromatic N) is 1. The van der Waals surface area contributed by atoms with Gasteiger partial charge in [-0.25, -0.2) is 23.2 Å². The highest BCUT2D eigenvalue weighted by Crippen LogP contribution is 2.35. The summed E-state index contributed by atoms with van der Waals surface area (Å²) in [5.41, 5.74) is -1.78. The molecule has 0 aromatic carbocycles. The Morgan fingerprint density at radius 3 is 2.04 bits per heavy atom. The third-order valence-corrected chi connectivity index (χ3v) is 3.45. The molecule has 1 rings (SSSR count). The quantitative estimate of drug-likeness (QED) is 0.584. The molecule has 10 heteroatoms. The van der Waals surface area contributed by atoms with Crippen LogP contribution in [0.4, 0.5) is 18.4 Å². The van der Waals surface area contributed by atoms with E-state index in [2.05, 4.69) is 10.1 Å². The van der Waals surface area contributed by atoms with Crippen molar-refractivity contribution >= 4 is 18.2 Å². The van der Waals surface area contributed by atoms with Crippen molar-refractivity contribution in [3.8, 4) is 0 Å². The molecule has 1 N–H and O–H groups in total. The van der Waals surface area contributed by atoms with Gasteiger partial charge in [0.2, 0.25) is 0 Å². The molecule has 1 fully saturated rings. The SMILES string of the molecule is COC(=O)[C@H](NC(=O)OC(C)(C)C)[C@@H]1CC(F)(F)CN1C(=O)OC(C)(C)C. The molecule has 0 saturated carbocycles. The monoisotopic (exact) mass is 394 g/mol. The lowest BCUT2D eigenvalue weighted by molar-refractivity contribution is -0.144. The van der Waals surface area contributed by atoms with E-state index < -0.39 is 60.3 Å². The number of nitrogens with one attached hydrogen (secondary N) is 1. The van der Waals surface area contributed by atoms with E-state index in [4.69, 9.17) is 9.47 Å². The van der Waals surface area contributed by atoms with E-state index in [1.54, 1.807) is 41.5 Å². The summed E-state index contributed by atoms with van der Waals surface area (Å²) in [4.78, 5) is 37.3. The van der Waals surface area contributed by atoms with Gasteiger partial charge in [-0.05, 0) is 41.5 Å². The topological polar surface area (TPSA) is 94.2 Å². The van der Waals surface area contributed by atoms with Crippen molar-refractivity contribution in [2.45, 2.75) is 77.2 Å². The van der Waals surface area contributed by atoms with Gasteiger partial charge in [-0.15, -0.1) is 0 Å². The molecule has 0 bridgehead atoms. The van der Waals surface area contributed by atoms with E-state index in [1.165, 1.54) is 0 Å². The summed E-state index contributed by atoms with van der Waals surface area (Å²) < 4.78 is 42.9. The third-order valence-electron chi connectivity index (χ3n) is 3.45. The third kappa shape index (κ3) is 7.18. The highest BCUT2D eigenvalue weighted by Gasteiger charge is 2.53. The zero-order valence-electron chi connectivity index (χ0n) is 16.7. The molecule has 2 atom stereocenters. The molecular formula is C17H28F2N2O6. The molecule has 0 aliphatic carbocycles. The Hall–Kier alpha value is -2.13. The molecule has 2 amide bonds. The van der Waals surface area contributed by atoms with Crippen LogP contribution in [-0.2, 0) is 19.0 Å². The first-order valence-electron chi connectivity index (χ1n) is 8.49. The van der Waals surface area contributed by atoms with Gasteiger partial charge in [0.15, 0.2) is 6.04 Å². The smallest absolute Gasteiger partial charge is 0.410 e. The fraction of sp³-hybridized carbons (Fsp3) is 0.824. The summed E-state index contributed by atoms with van der Waals surface area (Å²) in [6, 6.07) is -2.89. The number of hydrogen-bond donors (Lipinski definition) is 1. The summed E-state index contributed by atoms with van der Waals surface area (Å²) in [6.07, 6.45) is -2.83. The number of alkyl carbamates (subject to hydrolysis) is 1. The van der Waals surface area contributed by atoms with Crippen LogP contribution in [0.25, 0.3) is 0 Å². The van der Waals surface area contributed by atoms with Crippen molar-refractivity contribution in [1.29, 1.82) is 0 Å². The van der Waals surface area contributed by atoms with Crippen LogP contribution in [0.1, 0.15) is 48.0 Å². The molecule has 0 radical (unpaired) electrons. The van der Waals surface area contributed by atoms with Gasteiger partial charge >= 0.3 is 18.2 Å². The lowest BCUT2D eigenvalue weighted by atomic mass is 10.0. The highest BCUT2D eigenvalue weighted by atomic mass is 19.3. The molecule has 1 aliphatic rings. The standard InChI is InChI=1S/C17H28F2N2O6/c1-15(2,3)26-13(23)20-11(12(22)25-7)10-8-17(18,19)9-21(10)14(24)27-16(4,5)6/h10-11H,8-9H2,1-7H3,(H,20,23)/t10-,11+/m0/s1. The molecule has 1 saturated heterocycles. The number of esters is 1. The highest BCUT2D eigenvalue weighted by molar-refractivity contribution is 5.83. The van der Waals surface area contributed by atoms with Crippen molar-refractivity contribution in [2.24, 2.45) is 0 Å². The van der Waals surface area contributed by atoms with Crippen LogP contribution in [-0.4, -0.2) is 65.9 Å². The van der Waals surface area contributed by atoms with Crippen molar-refractivity contribution in [3.05, 3.63) is 0 Å². The molecule has 0 spiro atoms. The summed E-state index contributed by atoms with van der Waals surface area (Å²) in [7, 11) is 1.05. The van der Waals surface area contributed by atoms with E-state index >= 15 is 0 Å². The molecule has 1 heterocycles. The van der Waals surface area contributed by atoms with Crippen LogP contribution in [0, 0.1) is 0 Å². The zero-order chi connectivity index (χ0) is 21.2. The molecule has 156 valence electrons.